The van der Waals surface area contributed by atoms with Crippen LogP contribution in [0.2, 0.25) is 0 Å². The maximum atomic E-state index is 12.3. The fourth-order valence-electron chi connectivity index (χ4n) is 3.87. The zero-order chi connectivity index (χ0) is 17.1. The first-order valence-electron chi connectivity index (χ1n) is 9.06. The maximum Gasteiger partial charge on any atom is 0.223 e. The Hall–Kier alpha value is -2.50. The van der Waals surface area contributed by atoms with Gasteiger partial charge >= 0.3 is 0 Å². The van der Waals surface area contributed by atoms with Crippen LogP contribution in [0.5, 0.6) is 0 Å². The number of nitrogens with one attached hydrogen (secondary N) is 1. The summed E-state index contributed by atoms with van der Waals surface area (Å²) >= 11 is 0. The molecule has 2 aromatic heterocycles. The highest BCUT2D eigenvalue weighted by Gasteiger charge is 2.35. The van der Waals surface area contributed by atoms with Gasteiger partial charge < -0.3 is 10.2 Å². The van der Waals surface area contributed by atoms with Gasteiger partial charge in [-0.1, -0.05) is 12.8 Å². The second-order valence-electron chi connectivity index (χ2n) is 6.94. The number of carbonyl (C=O) groups excluding carboxylic acids is 1. The van der Waals surface area contributed by atoms with E-state index in [9.17, 15) is 4.79 Å². The first kappa shape index (κ1) is 16.0. The van der Waals surface area contributed by atoms with E-state index in [-0.39, 0.29) is 0 Å². The fourth-order valence-corrected chi connectivity index (χ4v) is 3.87. The van der Waals surface area contributed by atoms with Crippen molar-refractivity contribution in [2.24, 2.45) is 5.92 Å². The summed E-state index contributed by atoms with van der Waals surface area (Å²) in [6.45, 7) is 1.59. The number of anilines is 1. The SMILES string of the molecule is O=C1CC(CNc2nccc(-c3cccnc3)n2)CN1C1CCCC1. The Morgan fingerprint density at radius 2 is 2.08 bits per heavy atom. The van der Waals surface area contributed by atoms with Crippen LogP contribution in [0.4, 0.5) is 5.95 Å². The second kappa shape index (κ2) is 7.17. The van der Waals surface area contributed by atoms with Crippen molar-refractivity contribution in [1.82, 2.24) is 19.9 Å². The number of carbonyl (C=O) groups is 1. The molecule has 6 nitrogen and oxygen atoms in total. The Morgan fingerprint density at radius 1 is 1.20 bits per heavy atom. The summed E-state index contributed by atoms with van der Waals surface area (Å²) in [7, 11) is 0. The predicted octanol–water partition coefficient (Wildman–Crippen LogP) is 2.74. The van der Waals surface area contributed by atoms with Gasteiger partial charge in [-0.2, -0.15) is 0 Å². The van der Waals surface area contributed by atoms with Gasteiger partial charge in [-0.15, -0.1) is 0 Å². The number of amides is 1. The number of likely N-dealkylation sites (tertiary alicyclic amines) is 1. The van der Waals surface area contributed by atoms with Crippen LogP contribution in [0.15, 0.2) is 36.8 Å². The van der Waals surface area contributed by atoms with Gasteiger partial charge in [-0.3, -0.25) is 9.78 Å². The Bertz CT molecular complexity index is 730. The Labute approximate surface area is 147 Å². The van der Waals surface area contributed by atoms with Gasteiger partial charge in [0.15, 0.2) is 0 Å². The minimum atomic E-state index is 0.309. The molecule has 2 fully saturated rings. The molecular formula is C19H23N5O. The van der Waals surface area contributed by atoms with E-state index in [0.29, 0.717) is 30.2 Å². The van der Waals surface area contributed by atoms with Gasteiger partial charge in [0, 0.05) is 55.6 Å². The molecular weight excluding hydrogens is 314 g/mol. The fraction of sp³-hybridized carbons (Fsp3) is 0.474. The average Bonchev–Trinajstić information content (AvgIpc) is 3.30. The van der Waals surface area contributed by atoms with Crippen LogP contribution in [-0.4, -0.2) is 44.9 Å². The minimum Gasteiger partial charge on any atom is -0.354 e. The molecule has 1 aliphatic carbocycles. The van der Waals surface area contributed by atoms with E-state index in [0.717, 1.165) is 24.3 Å². The van der Waals surface area contributed by atoms with Crippen LogP contribution < -0.4 is 5.32 Å². The highest BCUT2D eigenvalue weighted by Crippen LogP contribution is 2.29. The normalized spacial score (nSPS) is 21.0. The van der Waals surface area contributed by atoms with E-state index >= 15 is 0 Å². The molecule has 1 aliphatic heterocycles. The van der Waals surface area contributed by atoms with Crippen LogP contribution in [0, 0.1) is 5.92 Å². The number of aromatic nitrogens is 3. The lowest BCUT2D eigenvalue weighted by Gasteiger charge is -2.24. The van der Waals surface area contributed by atoms with E-state index < -0.39 is 0 Å². The molecule has 6 heteroatoms. The molecule has 1 unspecified atom stereocenters. The van der Waals surface area contributed by atoms with E-state index in [1.807, 2.05) is 18.2 Å². The molecule has 4 rings (SSSR count). The van der Waals surface area contributed by atoms with Crippen molar-refractivity contribution in [3.05, 3.63) is 36.8 Å². The summed E-state index contributed by atoms with van der Waals surface area (Å²) in [6.07, 6.45) is 10.8. The molecule has 0 spiro atoms. The second-order valence-corrected chi connectivity index (χ2v) is 6.94. The lowest BCUT2D eigenvalue weighted by atomic mass is 10.1. The summed E-state index contributed by atoms with van der Waals surface area (Å²) < 4.78 is 0. The van der Waals surface area contributed by atoms with Crippen LogP contribution in [0.1, 0.15) is 32.1 Å². The lowest BCUT2D eigenvalue weighted by molar-refractivity contribution is -0.129. The summed E-state index contributed by atoms with van der Waals surface area (Å²) in [6, 6.07) is 6.23. The first-order valence-corrected chi connectivity index (χ1v) is 9.06. The number of hydrogen-bond donors (Lipinski definition) is 1. The van der Waals surface area contributed by atoms with Crippen molar-refractivity contribution in [3.8, 4) is 11.3 Å². The monoisotopic (exact) mass is 337 g/mol. The molecule has 3 heterocycles. The highest BCUT2D eigenvalue weighted by molar-refractivity contribution is 5.79. The Kier molecular flexibility index (Phi) is 4.59. The summed E-state index contributed by atoms with van der Waals surface area (Å²) in [5, 5.41) is 3.31. The van der Waals surface area contributed by atoms with Crippen molar-refractivity contribution in [2.75, 3.05) is 18.4 Å². The van der Waals surface area contributed by atoms with Crippen molar-refractivity contribution in [1.29, 1.82) is 0 Å². The van der Waals surface area contributed by atoms with Crippen molar-refractivity contribution < 1.29 is 4.79 Å². The number of nitrogens with zero attached hydrogens (tertiary/aromatic N) is 4. The molecule has 1 amide bonds. The van der Waals surface area contributed by atoms with E-state index in [1.165, 1.54) is 25.7 Å². The number of rotatable bonds is 5. The standard InChI is InChI=1S/C19H23N5O/c25-18-10-14(13-24(18)16-5-1-2-6-16)11-22-19-21-9-7-17(23-19)15-4-3-8-20-12-15/h3-4,7-9,12,14,16H,1-2,5-6,10-11,13H2,(H,21,22,23). The van der Waals surface area contributed by atoms with Crippen LogP contribution in [0.3, 0.4) is 0 Å². The van der Waals surface area contributed by atoms with Crippen LogP contribution in [0.25, 0.3) is 11.3 Å². The van der Waals surface area contributed by atoms with E-state index in [4.69, 9.17) is 0 Å². The summed E-state index contributed by atoms with van der Waals surface area (Å²) in [4.78, 5) is 27.4. The molecule has 1 atom stereocenters. The van der Waals surface area contributed by atoms with Gasteiger partial charge in [-0.05, 0) is 31.0 Å². The molecule has 0 aromatic carbocycles. The van der Waals surface area contributed by atoms with Gasteiger partial charge in [0.05, 0.1) is 5.69 Å². The van der Waals surface area contributed by atoms with Gasteiger partial charge in [0.2, 0.25) is 11.9 Å². The quantitative estimate of drug-likeness (QED) is 0.908. The van der Waals surface area contributed by atoms with Crippen molar-refractivity contribution in [2.45, 2.75) is 38.1 Å². The molecule has 130 valence electrons. The molecule has 1 saturated carbocycles. The first-order chi connectivity index (χ1) is 12.3. The third-order valence-corrected chi connectivity index (χ3v) is 5.17. The summed E-state index contributed by atoms with van der Waals surface area (Å²) in [5.41, 5.74) is 1.82. The van der Waals surface area contributed by atoms with Crippen molar-refractivity contribution in [3.63, 3.8) is 0 Å². The molecule has 2 aliphatic rings. The zero-order valence-electron chi connectivity index (χ0n) is 14.3. The predicted molar refractivity (Wildman–Crippen MR) is 95.8 cm³/mol. The smallest absolute Gasteiger partial charge is 0.223 e. The van der Waals surface area contributed by atoms with E-state index in [2.05, 4.69) is 25.2 Å². The maximum absolute atomic E-state index is 12.3. The largest absolute Gasteiger partial charge is 0.354 e. The molecule has 0 radical (unpaired) electrons. The van der Waals surface area contributed by atoms with Gasteiger partial charge in [0.1, 0.15) is 0 Å². The third kappa shape index (κ3) is 3.62. The molecule has 2 aromatic rings. The Balaban J connectivity index is 1.36. The number of pyridine rings is 1. The van der Waals surface area contributed by atoms with Crippen LogP contribution in [-0.2, 0) is 4.79 Å². The Morgan fingerprint density at radius 3 is 2.88 bits per heavy atom. The number of hydrogen-bond acceptors (Lipinski definition) is 5. The van der Waals surface area contributed by atoms with Crippen molar-refractivity contribution >= 4 is 11.9 Å². The highest BCUT2D eigenvalue weighted by atomic mass is 16.2. The van der Waals surface area contributed by atoms with Gasteiger partial charge in [-0.25, -0.2) is 9.97 Å². The molecule has 25 heavy (non-hydrogen) atoms. The average molecular weight is 337 g/mol. The summed E-state index contributed by atoms with van der Waals surface area (Å²) in [5.74, 6) is 1.25. The molecule has 1 N–H and O–H groups in total. The zero-order valence-corrected chi connectivity index (χ0v) is 14.3. The van der Waals surface area contributed by atoms with E-state index in [1.54, 1.807) is 18.6 Å². The van der Waals surface area contributed by atoms with Crippen LogP contribution >= 0.6 is 0 Å². The third-order valence-electron chi connectivity index (χ3n) is 5.17. The molecule has 0 bridgehead atoms. The topological polar surface area (TPSA) is 71.0 Å². The minimum absolute atomic E-state index is 0.309. The molecule has 1 saturated heterocycles. The lowest BCUT2D eigenvalue weighted by Crippen LogP contribution is -2.34. The van der Waals surface area contributed by atoms with Gasteiger partial charge in [0.25, 0.3) is 0 Å².